The second kappa shape index (κ2) is 4.93. The van der Waals surface area contributed by atoms with Crippen LogP contribution in [0, 0.1) is 0 Å². The van der Waals surface area contributed by atoms with Crippen molar-refractivity contribution in [1.82, 2.24) is 15.3 Å². The second-order valence-electron chi connectivity index (χ2n) is 4.92. The van der Waals surface area contributed by atoms with E-state index >= 15 is 0 Å². The summed E-state index contributed by atoms with van der Waals surface area (Å²) in [7, 11) is -3.40. The van der Waals surface area contributed by atoms with E-state index in [0.29, 0.717) is 16.2 Å². The van der Waals surface area contributed by atoms with Gasteiger partial charge in [-0.2, -0.15) is 13.5 Å². The molecule has 1 aromatic rings. The van der Waals surface area contributed by atoms with E-state index in [1.54, 1.807) is 24.3 Å². The van der Waals surface area contributed by atoms with E-state index in [-0.39, 0.29) is 6.54 Å². The first-order chi connectivity index (χ1) is 10.3. The Morgan fingerprint density at radius 1 is 1.36 bits per heavy atom. The maximum absolute atomic E-state index is 12.3. The molecule has 1 fully saturated rings. The fraction of sp³-hybridized carbons (Fsp3) is 0.333. The zero-order valence-electron chi connectivity index (χ0n) is 11.5. The maximum atomic E-state index is 12.3. The average Bonchev–Trinajstić information content (AvgIpc) is 2.73. The molecular formula is C12H13N3O6S. The fourth-order valence-electron chi connectivity index (χ4n) is 2.88. The Morgan fingerprint density at radius 3 is 2.59 bits per heavy atom. The van der Waals surface area contributed by atoms with Crippen LogP contribution in [-0.4, -0.2) is 48.5 Å². The summed E-state index contributed by atoms with van der Waals surface area (Å²) in [6.45, 7) is 0.0868. The predicted molar refractivity (Wildman–Crippen MR) is 72.6 cm³/mol. The van der Waals surface area contributed by atoms with Gasteiger partial charge >= 0.3 is 16.4 Å². The van der Waals surface area contributed by atoms with Crippen molar-refractivity contribution in [2.75, 3.05) is 13.6 Å². The van der Waals surface area contributed by atoms with E-state index in [0.717, 1.165) is 0 Å². The van der Waals surface area contributed by atoms with Crippen molar-refractivity contribution in [3.8, 4) is 0 Å². The van der Waals surface area contributed by atoms with Gasteiger partial charge in [0.05, 0.1) is 6.54 Å². The summed E-state index contributed by atoms with van der Waals surface area (Å²) in [6.07, 6.45) is 0. The third-order valence-electron chi connectivity index (χ3n) is 3.72. The van der Waals surface area contributed by atoms with E-state index in [1.807, 2.05) is 0 Å². The molecule has 0 aromatic heterocycles. The molecule has 0 spiro atoms. The van der Waals surface area contributed by atoms with Crippen molar-refractivity contribution in [2.24, 2.45) is 0 Å². The Hall–Kier alpha value is -2.17. The van der Waals surface area contributed by atoms with Crippen LogP contribution in [0.4, 0.5) is 4.79 Å². The molecule has 22 heavy (non-hydrogen) atoms. The van der Waals surface area contributed by atoms with Gasteiger partial charge in [-0.3, -0.25) is 9.35 Å². The number of hydrogen-bond acceptors (Lipinski definition) is 5. The number of nitrogens with zero attached hydrogens (tertiary/aromatic N) is 2. The third-order valence-corrected chi connectivity index (χ3v) is 4.07. The molecule has 3 rings (SSSR count). The topological polar surface area (TPSA) is 116 Å². The Balaban J connectivity index is 2.10. The lowest BCUT2D eigenvalue weighted by atomic mass is 9.91. The predicted octanol–water partition coefficient (Wildman–Crippen LogP) is 0.000400. The number of fused-ring (bicyclic) bond motifs is 4. The van der Waals surface area contributed by atoms with Gasteiger partial charge in [-0.25, -0.2) is 4.79 Å². The number of amides is 3. The van der Waals surface area contributed by atoms with E-state index in [1.165, 1.54) is 11.9 Å². The average molecular weight is 327 g/mol. The minimum Gasteiger partial charge on any atom is -0.357 e. The second-order valence-corrected chi connectivity index (χ2v) is 5.93. The van der Waals surface area contributed by atoms with Gasteiger partial charge in [0.15, 0.2) is 0 Å². The van der Waals surface area contributed by atoms with Gasteiger partial charge in [-0.1, -0.05) is 24.3 Å². The summed E-state index contributed by atoms with van der Waals surface area (Å²) in [5.74, 6) is -0.395. The van der Waals surface area contributed by atoms with Crippen LogP contribution in [0.2, 0.25) is 0 Å². The van der Waals surface area contributed by atoms with Crippen molar-refractivity contribution in [3.63, 3.8) is 0 Å². The van der Waals surface area contributed by atoms with Gasteiger partial charge in [0.1, 0.15) is 12.1 Å². The van der Waals surface area contributed by atoms with Gasteiger partial charge in [-0.05, 0) is 11.1 Å². The molecule has 2 atom stereocenters. The van der Waals surface area contributed by atoms with Crippen LogP contribution in [0.15, 0.2) is 24.3 Å². The van der Waals surface area contributed by atoms with Crippen molar-refractivity contribution in [2.45, 2.75) is 12.1 Å². The lowest BCUT2D eigenvalue weighted by molar-refractivity contribution is -0.125. The summed E-state index contributed by atoms with van der Waals surface area (Å²) < 4.78 is 35.1. The number of urea groups is 1. The van der Waals surface area contributed by atoms with Gasteiger partial charge in [0.2, 0.25) is 5.91 Å². The largest absolute Gasteiger partial charge is 0.418 e. The first-order valence-corrected chi connectivity index (χ1v) is 7.77. The molecule has 3 amide bonds. The minimum atomic E-state index is -4.85. The molecule has 1 aromatic carbocycles. The number of hydrogen-bond donors (Lipinski definition) is 2. The van der Waals surface area contributed by atoms with Crippen LogP contribution in [0.25, 0.3) is 0 Å². The number of benzene rings is 1. The molecule has 2 aliphatic heterocycles. The molecule has 10 heteroatoms. The highest BCUT2D eigenvalue weighted by molar-refractivity contribution is 7.80. The first kappa shape index (κ1) is 14.8. The smallest absolute Gasteiger partial charge is 0.357 e. The molecule has 0 saturated carbocycles. The Kier molecular flexibility index (Phi) is 3.31. The van der Waals surface area contributed by atoms with Crippen molar-refractivity contribution < 1.29 is 26.8 Å². The molecule has 0 aliphatic carbocycles. The summed E-state index contributed by atoms with van der Waals surface area (Å²) in [5.41, 5.74) is 1.19. The summed E-state index contributed by atoms with van der Waals surface area (Å²) in [4.78, 5) is 25.7. The number of carbonyl (C=O) groups is 2. The summed E-state index contributed by atoms with van der Waals surface area (Å²) >= 11 is 0. The quantitative estimate of drug-likeness (QED) is 0.755. The minimum absolute atomic E-state index is 0.0868. The number of nitrogens with one attached hydrogen (secondary N) is 1. The highest BCUT2D eigenvalue weighted by Crippen LogP contribution is 2.43. The van der Waals surface area contributed by atoms with Crippen LogP contribution < -0.4 is 5.32 Å². The van der Waals surface area contributed by atoms with E-state index in [9.17, 15) is 18.0 Å². The van der Waals surface area contributed by atoms with Crippen LogP contribution >= 0.6 is 0 Å². The van der Waals surface area contributed by atoms with Gasteiger partial charge in [0, 0.05) is 7.05 Å². The molecule has 118 valence electrons. The van der Waals surface area contributed by atoms with Gasteiger partial charge in [-0.15, -0.1) is 4.28 Å². The van der Waals surface area contributed by atoms with Crippen molar-refractivity contribution in [1.29, 1.82) is 0 Å². The van der Waals surface area contributed by atoms with E-state index in [2.05, 4.69) is 9.60 Å². The SMILES string of the molecule is CNC(=O)[C@@H]1c2ccccc2[C@H]2CN1C(=O)N2OS(=O)(=O)O. The van der Waals surface area contributed by atoms with Gasteiger partial charge < -0.3 is 10.2 Å². The highest BCUT2D eigenvalue weighted by Gasteiger charge is 2.51. The first-order valence-electron chi connectivity index (χ1n) is 6.40. The van der Waals surface area contributed by atoms with Gasteiger partial charge in [0.25, 0.3) is 0 Å². The number of rotatable bonds is 3. The number of likely N-dealkylation sites (N-methyl/N-ethyl adjacent to an activating group) is 1. The zero-order chi connectivity index (χ0) is 16.1. The maximum Gasteiger partial charge on any atom is 0.418 e. The molecule has 2 aliphatic rings. The van der Waals surface area contributed by atoms with Crippen molar-refractivity contribution in [3.05, 3.63) is 35.4 Å². The zero-order valence-corrected chi connectivity index (χ0v) is 12.3. The summed E-state index contributed by atoms with van der Waals surface area (Å²) in [6, 6.07) is 4.42. The lowest BCUT2D eigenvalue weighted by Crippen LogP contribution is -2.42. The molecule has 0 radical (unpaired) electrons. The molecule has 1 saturated heterocycles. The normalized spacial score (nSPS) is 23.5. The summed E-state index contributed by atoms with van der Waals surface area (Å²) in [5, 5.41) is 3.06. The Morgan fingerprint density at radius 2 is 2.00 bits per heavy atom. The fourth-order valence-corrected chi connectivity index (χ4v) is 3.25. The Labute approximate surface area is 126 Å². The number of hydroxylamine groups is 2. The molecule has 2 N–H and O–H groups in total. The van der Waals surface area contributed by atoms with Crippen LogP contribution in [0.3, 0.4) is 0 Å². The molecule has 2 heterocycles. The highest BCUT2D eigenvalue weighted by atomic mass is 32.3. The van der Waals surface area contributed by atoms with E-state index in [4.69, 9.17) is 4.55 Å². The molecule has 2 bridgehead atoms. The van der Waals surface area contributed by atoms with E-state index < -0.39 is 34.4 Å². The van der Waals surface area contributed by atoms with Crippen LogP contribution in [0.5, 0.6) is 0 Å². The standard InChI is InChI=1S/C12H13N3O6S/c1-13-11(16)10-8-5-3-2-4-7(8)9-6-14(10)12(17)15(9)21-22(18,19)20/h2-5,9-10H,6H2,1H3,(H,13,16)(H,18,19,20)/t9-,10+/m1/s1. The molecule has 9 nitrogen and oxygen atoms in total. The lowest BCUT2D eigenvalue weighted by Gasteiger charge is -2.31. The van der Waals surface area contributed by atoms with Crippen LogP contribution in [0.1, 0.15) is 23.2 Å². The third kappa shape index (κ3) is 2.21. The van der Waals surface area contributed by atoms with Crippen LogP contribution in [-0.2, 0) is 19.5 Å². The molecule has 0 unspecified atom stereocenters. The number of carbonyl (C=O) groups excluding carboxylic acids is 2. The molecular weight excluding hydrogens is 314 g/mol. The van der Waals surface area contributed by atoms with Crippen molar-refractivity contribution >= 4 is 22.3 Å². The Bertz CT molecular complexity index is 749. The monoisotopic (exact) mass is 327 g/mol.